The number of ether oxygens (including phenoxy) is 1. The van der Waals surface area contributed by atoms with E-state index in [0.717, 1.165) is 0 Å². The Hall–Kier alpha value is -2.25. The van der Waals surface area contributed by atoms with Gasteiger partial charge in [-0.25, -0.2) is 8.42 Å². The molecule has 0 unspecified atom stereocenters. The molecular formula is C15H13ClN2O4S. The number of carbonyl (C=O) groups is 1. The zero-order valence-corrected chi connectivity index (χ0v) is 13.7. The highest BCUT2D eigenvalue weighted by molar-refractivity contribution is 7.92. The van der Waals surface area contributed by atoms with Gasteiger partial charge in [0.1, 0.15) is 5.75 Å². The minimum atomic E-state index is -3.79. The monoisotopic (exact) mass is 352 g/mol. The Morgan fingerprint density at radius 2 is 1.91 bits per heavy atom. The van der Waals surface area contributed by atoms with Crippen LogP contribution in [0.2, 0.25) is 5.02 Å². The highest BCUT2D eigenvalue weighted by atomic mass is 35.5. The fourth-order valence-corrected chi connectivity index (χ4v) is 3.66. The molecule has 0 saturated carbocycles. The van der Waals surface area contributed by atoms with Gasteiger partial charge in [0, 0.05) is 16.8 Å². The van der Waals surface area contributed by atoms with Crippen LogP contribution in [0.4, 0.5) is 11.4 Å². The Morgan fingerprint density at radius 3 is 2.61 bits per heavy atom. The van der Waals surface area contributed by atoms with Gasteiger partial charge in [0.15, 0.2) is 6.61 Å². The molecule has 0 atom stereocenters. The first-order chi connectivity index (χ1) is 10.8. The predicted molar refractivity (Wildman–Crippen MR) is 87.6 cm³/mol. The Kier molecular flexibility index (Phi) is 3.91. The lowest BCUT2D eigenvalue weighted by Crippen LogP contribution is -2.26. The molecule has 0 saturated heterocycles. The zero-order valence-electron chi connectivity index (χ0n) is 12.1. The minimum absolute atomic E-state index is 0.0855. The van der Waals surface area contributed by atoms with Crippen molar-refractivity contribution in [3.8, 4) is 5.75 Å². The third-order valence-electron chi connectivity index (χ3n) is 3.30. The van der Waals surface area contributed by atoms with E-state index in [-0.39, 0.29) is 17.4 Å². The normalized spacial score (nSPS) is 13.7. The van der Waals surface area contributed by atoms with Crippen molar-refractivity contribution in [1.82, 2.24) is 0 Å². The number of aryl methyl sites for hydroxylation is 1. The van der Waals surface area contributed by atoms with Crippen molar-refractivity contribution in [2.45, 2.75) is 11.8 Å². The van der Waals surface area contributed by atoms with E-state index in [1.807, 2.05) is 0 Å². The third-order valence-corrected chi connectivity index (χ3v) is 5.07. The van der Waals surface area contributed by atoms with Gasteiger partial charge in [-0.15, -0.1) is 0 Å². The number of rotatable bonds is 3. The van der Waals surface area contributed by atoms with Crippen LogP contribution < -0.4 is 14.8 Å². The topological polar surface area (TPSA) is 84.5 Å². The molecule has 0 radical (unpaired) electrons. The summed E-state index contributed by atoms with van der Waals surface area (Å²) in [6.07, 6.45) is 0. The van der Waals surface area contributed by atoms with Gasteiger partial charge >= 0.3 is 0 Å². The molecule has 120 valence electrons. The Balaban J connectivity index is 1.96. The van der Waals surface area contributed by atoms with E-state index in [9.17, 15) is 13.2 Å². The number of halogens is 1. The lowest BCUT2D eigenvalue weighted by atomic mass is 10.2. The lowest BCUT2D eigenvalue weighted by molar-refractivity contribution is -0.118. The van der Waals surface area contributed by atoms with E-state index < -0.39 is 10.0 Å². The van der Waals surface area contributed by atoms with Crippen LogP contribution in [-0.2, 0) is 14.8 Å². The first kappa shape index (κ1) is 15.6. The first-order valence-corrected chi connectivity index (χ1v) is 8.57. The van der Waals surface area contributed by atoms with Gasteiger partial charge in [-0.05, 0) is 42.8 Å². The van der Waals surface area contributed by atoms with Crippen LogP contribution in [0, 0.1) is 6.92 Å². The summed E-state index contributed by atoms with van der Waals surface area (Å²) in [7, 11) is -3.79. The van der Waals surface area contributed by atoms with Crippen molar-refractivity contribution >= 4 is 38.9 Å². The molecule has 1 aliphatic heterocycles. The second kappa shape index (κ2) is 5.75. The second-order valence-corrected chi connectivity index (χ2v) is 7.15. The molecule has 0 spiro atoms. The van der Waals surface area contributed by atoms with Crippen molar-refractivity contribution < 1.29 is 17.9 Å². The summed E-state index contributed by atoms with van der Waals surface area (Å²) in [5.74, 6) is 0.0541. The van der Waals surface area contributed by atoms with Gasteiger partial charge in [-0.1, -0.05) is 11.6 Å². The average molecular weight is 353 g/mol. The van der Waals surface area contributed by atoms with Crippen molar-refractivity contribution in [1.29, 1.82) is 0 Å². The summed E-state index contributed by atoms with van der Waals surface area (Å²) < 4.78 is 32.9. The van der Waals surface area contributed by atoms with Gasteiger partial charge in [0.25, 0.3) is 15.9 Å². The Bertz CT molecular complexity index is 879. The van der Waals surface area contributed by atoms with Gasteiger partial charge in [-0.3, -0.25) is 9.52 Å². The number of nitrogens with one attached hydrogen (secondary N) is 2. The van der Waals surface area contributed by atoms with E-state index >= 15 is 0 Å². The molecule has 8 heteroatoms. The summed E-state index contributed by atoms with van der Waals surface area (Å²) in [5, 5.41) is 3.16. The molecule has 0 bridgehead atoms. The van der Waals surface area contributed by atoms with Crippen LogP contribution in [0.5, 0.6) is 5.75 Å². The van der Waals surface area contributed by atoms with Gasteiger partial charge < -0.3 is 10.1 Å². The predicted octanol–water partition coefficient (Wildman–Crippen LogP) is 2.78. The largest absolute Gasteiger partial charge is 0.482 e. The van der Waals surface area contributed by atoms with Gasteiger partial charge in [0.05, 0.1) is 10.6 Å². The highest BCUT2D eigenvalue weighted by Crippen LogP contribution is 2.33. The number of amides is 1. The molecule has 6 nitrogen and oxygen atoms in total. The first-order valence-electron chi connectivity index (χ1n) is 6.71. The molecule has 23 heavy (non-hydrogen) atoms. The van der Waals surface area contributed by atoms with Crippen molar-refractivity contribution in [3.63, 3.8) is 0 Å². The number of fused-ring (bicyclic) bond motifs is 1. The number of anilines is 2. The zero-order chi connectivity index (χ0) is 16.6. The van der Waals surface area contributed by atoms with Crippen LogP contribution >= 0.6 is 11.6 Å². The molecule has 1 heterocycles. The smallest absolute Gasteiger partial charge is 0.262 e. The van der Waals surface area contributed by atoms with Crippen LogP contribution in [0.25, 0.3) is 0 Å². The third kappa shape index (κ3) is 3.25. The summed E-state index contributed by atoms with van der Waals surface area (Å²) in [6, 6.07) is 9.31. The van der Waals surface area contributed by atoms with Crippen LogP contribution in [0.3, 0.4) is 0 Å². The molecule has 0 aliphatic carbocycles. The SMILES string of the molecule is Cc1cc2c(cc1S(=O)(=O)Nc1ccc(Cl)cc1)OCC(=O)N2. The van der Waals surface area contributed by atoms with E-state index in [0.29, 0.717) is 27.7 Å². The van der Waals surface area contributed by atoms with Crippen LogP contribution in [0.15, 0.2) is 41.3 Å². The van der Waals surface area contributed by atoms with E-state index in [1.165, 1.54) is 6.07 Å². The van der Waals surface area contributed by atoms with E-state index in [1.54, 1.807) is 37.3 Å². The maximum atomic E-state index is 12.6. The average Bonchev–Trinajstić information content (AvgIpc) is 2.48. The van der Waals surface area contributed by atoms with Crippen molar-refractivity contribution in [3.05, 3.63) is 47.0 Å². The Labute approximate surface area is 138 Å². The molecule has 2 aromatic carbocycles. The molecule has 2 N–H and O–H groups in total. The summed E-state index contributed by atoms with van der Waals surface area (Å²) in [4.78, 5) is 11.4. The number of benzene rings is 2. The maximum absolute atomic E-state index is 12.6. The summed E-state index contributed by atoms with van der Waals surface area (Å²) >= 11 is 5.79. The molecule has 1 amide bonds. The molecule has 0 aromatic heterocycles. The fraction of sp³-hybridized carbons (Fsp3) is 0.133. The standard InChI is InChI=1S/C15H13ClN2O4S/c1-9-6-12-13(22-8-15(19)17-12)7-14(9)23(20,21)18-11-4-2-10(16)3-5-11/h2-7,18H,8H2,1H3,(H,17,19). The quantitative estimate of drug-likeness (QED) is 0.889. The maximum Gasteiger partial charge on any atom is 0.262 e. The summed E-state index contributed by atoms with van der Waals surface area (Å²) in [5.41, 5.74) is 1.36. The lowest BCUT2D eigenvalue weighted by Gasteiger charge is -2.20. The molecule has 1 aliphatic rings. The molecule has 2 aromatic rings. The molecular weight excluding hydrogens is 340 g/mol. The van der Waals surface area contributed by atoms with Crippen LogP contribution in [0.1, 0.15) is 5.56 Å². The van der Waals surface area contributed by atoms with Gasteiger partial charge in [0.2, 0.25) is 0 Å². The minimum Gasteiger partial charge on any atom is -0.482 e. The molecule has 3 rings (SSSR count). The van der Waals surface area contributed by atoms with Crippen LogP contribution in [-0.4, -0.2) is 20.9 Å². The number of carbonyl (C=O) groups excluding carboxylic acids is 1. The fourth-order valence-electron chi connectivity index (χ4n) is 2.23. The number of sulfonamides is 1. The Morgan fingerprint density at radius 1 is 1.22 bits per heavy atom. The second-order valence-electron chi connectivity index (χ2n) is 5.06. The molecule has 0 fully saturated rings. The van der Waals surface area contributed by atoms with E-state index in [4.69, 9.17) is 16.3 Å². The highest BCUT2D eigenvalue weighted by Gasteiger charge is 2.23. The number of hydrogen-bond acceptors (Lipinski definition) is 4. The number of hydrogen-bond donors (Lipinski definition) is 2. The van der Waals surface area contributed by atoms with Gasteiger partial charge in [-0.2, -0.15) is 0 Å². The summed E-state index contributed by atoms with van der Waals surface area (Å²) in [6.45, 7) is 1.51. The van der Waals surface area contributed by atoms with Crippen molar-refractivity contribution in [2.24, 2.45) is 0 Å². The van der Waals surface area contributed by atoms with Crippen molar-refractivity contribution in [2.75, 3.05) is 16.6 Å². The van der Waals surface area contributed by atoms with E-state index in [2.05, 4.69) is 10.0 Å².